The Morgan fingerprint density at radius 1 is 1.30 bits per heavy atom. The maximum Gasteiger partial charge on any atom is 0.185 e. The number of piperidine rings is 1. The van der Waals surface area contributed by atoms with Crippen LogP contribution in [0.15, 0.2) is 30.3 Å². The lowest BCUT2D eigenvalue weighted by Gasteiger charge is -2.31. The molecule has 1 aliphatic rings. The molecular formula is C15H19N7S. The minimum Gasteiger partial charge on any atom is -0.347 e. The van der Waals surface area contributed by atoms with Crippen molar-refractivity contribution < 1.29 is 0 Å². The van der Waals surface area contributed by atoms with Gasteiger partial charge in [-0.1, -0.05) is 0 Å². The number of thiazole rings is 1. The van der Waals surface area contributed by atoms with Gasteiger partial charge in [0.05, 0.1) is 12.9 Å². The van der Waals surface area contributed by atoms with Gasteiger partial charge in [0.2, 0.25) is 0 Å². The molecule has 8 heteroatoms. The second-order valence-corrected chi connectivity index (χ2v) is 6.74. The standard InChI is InChI=1S/C15H19N7S/c1-20-13(10-21-7-4-16-11-21)18-19-14(20)12-3-2-6-22(9-12)15-17-5-8-23-15/h4-5,7-8,11-12H,2-3,6,9-10H2,1H3. The zero-order valence-electron chi connectivity index (χ0n) is 13.0. The Labute approximate surface area is 138 Å². The quantitative estimate of drug-likeness (QED) is 0.731. The zero-order valence-corrected chi connectivity index (χ0v) is 13.9. The maximum absolute atomic E-state index is 4.47. The molecule has 4 rings (SSSR count). The van der Waals surface area contributed by atoms with Gasteiger partial charge in [0.25, 0.3) is 0 Å². The molecule has 1 unspecified atom stereocenters. The molecule has 1 saturated heterocycles. The van der Waals surface area contributed by atoms with E-state index >= 15 is 0 Å². The molecule has 4 heterocycles. The van der Waals surface area contributed by atoms with E-state index in [0.717, 1.165) is 42.7 Å². The van der Waals surface area contributed by atoms with E-state index in [1.807, 2.05) is 22.3 Å². The molecule has 0 bridgehead atoms. The molecule has 0 amide bonds. The highest BCUT2D eigenvalue weighted by atomic mass is 32.1. The molecule has 0 spiro atoms. The Kier molecular flexibility index (Phi) is 3.82. The summed E-state index contributed by atoms with van der Waals surface area (Å²) in [6, 6.07) is 0. The lowest BCUT2D eigenvalue weighted by Crippen LogP contribution is -2.35. The van der Waals surface area contributed by atoms with E-state index in [4.69, 9.17) is 0 Å². The predicted octanol–water partition coefficient (Wildman–Crippen LogP) is 1.90. The van der Waals surface area contributed by atoms with Crippen molar-refractivity contribution in [1.29, 1.82) is 0 Å². The number of rotatable bonds is 4. The molecule has 0 radical (unpaired) electrons. The van der Waals surface area contributed by atoms with E-state index < -0.39 is 0 Å². The van der Waals surface area contributed by atoms with Crippen molar-refractivity contribution in [3.63, 3.8) is 0 Å². The van der Waals surface area contributed by atoms with Crippen molar-refractivity contribution in [3.05, 3.63) is 41.9 Å². The van der Waals surface area contributed by atoms with E-state index in [0.29, 0.717) is 12.5 Å². The number of anilines is 1. The van der Waals surface area contributed by atoms with Crippen LogP contribution in [-0.4, -0.2) is 42.4 Å². The predicted molar refractivity (Wildman–Crippen MR) is 88.6 cm³/mol. The molecule has 120 valence electrons. The highest BCUT2D eigenvalue weighted by Gasteiger charge is 2.27. The van der Waals surface area contributed by atoms with Crippen molar-refractivity contribution in [2.45, 2.75) is 25.3 Å². The van der Waals surface area contributed by atoms with Crippen LogP contribution in [0.5, 0.6) is 0 Å². The number of hydrogen-bond acceptors (Lipinski definition) is 6. The number of nitrogens with zero attached hydrogens (tertiary/aromatic N) is 7. The van der Waals surface area contributed by atoms with Gasteiger partial charge < -0.3 is 14.0 Å². The van der Waals surface area contributed by atoms with Crippen molar-refractivity contribution in [2.24, 2.45) is 7.05 Å². The Hall–Kier alpha value is -2.22. The summed E-state index contributed by atoms with van der Waals surface area (Å²) in [4.78, 5) is 10.9. The van der Waals surface area contributed by atoms with Gasteiger partial charge in [-0.05, 0) is 12.8 Å². The van der Waals surface area contributed by atoms with Crippen LogP contribution in [0.2, 0.25) is 0 Å². The third-order valence-corrected chi connectivity index (χ3v) is 5.19. The number of imidazole rings is 1. The summed E-state index contributed by atoms with van der Waals surface area (Å²) in [5.41, 5.74) is 0. The van der Waals surface area contributed by atoms with Crippen molar-refractivity contribution >= 4 is 16.5 Å². The summed E-state index contributed by atoms with van der Waals surface area (Å²) >= 11 is 1.70. The molecular weight excluding hydrogens is 310 g/mol. The van der Waals surface area contributed by atoms with Crippen LogP contribution in [0.1, 0.15) is 30.4 Å². The number of aromatic nitrogens is 6. The summed E-state index contributed by atoms with van der Waals surface area (Å²) < 4.78 is 4.15. The summed E-state index contributed by atoms with van der Waals surface area (Å²) in [7, 11) is 2.06. The second-order valence-electron chi connectivity index (χ2n) is 5.87. The lowest BCUT2D eigenvalue weighted by molar-refractivity contribution is 0.477. The topological polar surface area (TPSA) is 64.7 Å². The first-order chi connectivity index (χ1) is 11.3. The SMILES string of the molecule is Cn1c(Cn2ccnc2)nnc1C1CCCN(c2nccs2)C1. The maximum atomic E-state index is 4.47. The molecule has 3 aromatic heterocycles. The van der Waals surface area contributed by atoms with Crippen LogP contribution < -0.4 is 4.90 Å². The zero-order chi connectivity index (χ0) is 15.6. The summed E-state index contributed by atoms with van der Waals surface area (Å²) in [6.07, 6.45) is 9.71. The lowest BCUT2D eigenvalue weighted by atomic mass is 9.97. The van der Waals surface area contributed by atoms with Crippen LogP contribution in [0.3, 0.4) is 0 Å². The molecule has 1 atom stereocenters. The molecule has 23 heavy (non-hydrogen) atoms. The Balaban J connectivity index is 1.52. The Bertz CT molecular complexity index is 747. The fourth-order valence-corrected chi connectivity index (χ4v) is 3.83. The minimum absolute atomic E-state index is 0.404. The average Bonchev–Trinajstić information content (AvgIpc) is 3.32. The monoisotopic (exact) mass is 329 g/mol. The second kappa shape index (κ2) is 6.11. The summed E-state index contributed by atoms with van der Waals surface area (Å²) in [5.74, 6) is 2.44. The van der Waals surface area contributed by atoms with E-state index in [2.05, 4.69) is 36.7 Å². The minimum atomic E-state index is 0.404. The molecule has 1 aliphatic heterocycles. The van der Waals surface area contributed by atoms with Crippen LogP contribution >= 0.6 is 11.3 Å². The van der Waals surface area contributed by atoms with Crippen LogP contribution in [-0.2, 0) is 13.6 Å². The highest BCUT2D eigenvalue weighted by Crippen LogP contribution is 2.30. The van der Waals surface area contributed by atoms with Gasteiger partial charge in [0.1, 0.15) is 5.82 Å². The van der Waals surface area contributed by atoms with Gasteiger partial charge in [0.15, 0.2) is 11.0 Å². The third kappa shape index (κ3) is 2.86. The fraction of sp³-hybridized carbons (Fsp3) is 0.467. The molecule has 0 aliphatic carbocycles. The number of hydrogen-bond donors (Lipinski definition) is 0. The van der Waals surface area contributed by atoms with Crippen molar-refractivity contribution in [3.8, 4) is 0 Å². The molecule has 7 nitrogen and oxygen atoms in total. The van der Waals surface area contributed by atoms with Gasteiger partial charge in [-0.25, -0.2) is 9.97 Å². The fourth-order valence-electron chi connectivity index (χ4n) is 3.15. The Morgan fingerprint density at radius 2 is 2.26 bits per heavy atom. The summed E-state index contributed by atoms with van der Waals surface area (Å²) in [6.45, 7) is 2.74. The molecule has 3 aromatic rings. The van der Waals surface area contributed by atoms with Gasteiger partial charge in [-0.2, -0.15) is 0 Å². The van der Waals surface area contributed by atoms with Gasteiger partial charge >= 0.3 is 0 Å². The van der Waals surface area contributed by atoms with E-state index in [1.165, 1.54) is 0 Å². The normalized spacial score (nSPS) is 18.5. The first-order valence-electron chi connectivity index (χ1n) is 7.79. The van der Waals surface area contributed by atoms with E-state index in [9.17, 15) is 0 Å². The molecule has 0 aromatic carbocycles. The largest absolute Gasteiger partial charge is 0.347 e. The van der Waals surface area contributed by atoms with Gasteiger partial charge in [0, 0.05) is 50.0 Å². The van der Waals surface area contributed by atoms with E-state index in [1.54, 1.807) is 23.9 Å². The van der Waals surface area contributed by atoms with Crippen molar-refractivity contribution in [2.75, 3.05) is 18.0 Å². The first-order valence-corrected chi connectivity index (χ1v) is 8.67. The van der Waals surface area contributed by atoms with Crippen molar-refractivity contribution in [1.82, 2.24) is 29.3 Å². The highest BCUT2D eigenvalue weighted by molar-refractivity contribution is 7.13. The molecule has 1 fully saturated rings. The van der Waals surface area contributed by atoms with Gasteiger partial charge in [-0.3, -0.25) is 0 Å². The molecule has 0 saturated carbocycles. The smallest absolute Gasteiger partial charge is 0.185 e. The molecule has 0 N–H and O–H groups in total. The third-order valence-electron chi connectivity index (χ3n) is 4.36. The first kappa shape index (κ1) is 14.4. The van der Waals surface area contributed by atoms with Gasteiger partial charge in [-0.15, -0.1) is 21.5 Å². The Morgan fingerprint density at radius 3 is 3.04 bits per heavy atom. The average molecular weight is 329 g/mol. The van der Waals surface area contributed by atoms with Crippen LogP contribution in [0, 0.1) is 0 Å². The summed E-state index contributed by atoms with van der Waals surface area (Å²) in [5, 5.41) is 12.0. The van der Waals surface area contributed by atoms with Crippen LogP contribution in [0.4, 0.5) is 5.13 Å². The van der Waals surface area contributed by atoms with Crippen LogP contribution in [0.25, 0.3) is 0 Å². The van der Waals surface area contributed by atoms with E-state index in [-0.39, 0.29) is 0 Å².